The zero-order valence-electron chi connectivity index (χ0n) is 20.1. The minimum atomic E-state index is -4.30. The topological polar surface area (TPSA) is 82.7 Å². The molecule has 0 aliphatic carbocycles. The van der Waals surface area contributed by atoms with E-state index in [-0.39, 0.29) is 17.9 Å². The van der Waals surface area contributed by atoms with E-state index in [4.69, 9.17) is 9.47 Å². The van der Waals surface area contributed by atoms with Crippen molar-refractivity contribution in [2.24, 2.45) is 5.92 Å². The monoisotopic (exact) mass is 516 g/mol. The van der Waals surface area contributed by atoms with E-state index < -0.39 is 16.7 Å². The van der Waals surface area contributed by atoms with Crippen molar-refractivity contribution < 1.29 is 27.6 Å². The Morgan fingerprint density at radius 3 is 2.38 bits per heavy atom. The molecule has 196 valence electrons. The molecule has 1 saturated heterocycles. The van der Waals surface area contributed by atoms with Gasteiger partial charge in [0.2, 0.25) is 0 Å². The van der Waals surface area contributed by atoms with Gasteiger partial charge in [-0.2, -0.15) is 13.2 Å². The number of hydrogen-bond acceptors (Lipinski definition) is 6. The van der Waals surface area contributed by atoms with Gasteiger partial charge in [-0.15, -0.1) is 0 Å². The number of aromatic nitrogens is 2. The zero-order chi connectivity index (χ0) is 26.0. The molecule has 5 rings (SSSR count). The van der Waals surface area contributed by atoms with Gasteiger partial charge in [-0.1, -0.05) is 12.1 Å². The summed E-state index contributed by atoms with van der Waals surface area (Å²) in [7, 11) is 0. The van der Waals surface area contributed by atoms with Crippen LogP contribution in [0.25, 0.3) is 0 Å². The van der Waals surface area contributed by atoms with Crippen LogP contribution in [0.5, 0.6) is 11.8 Å². The Hall–Kier alpha value is -3.76. The SMILES string of the molecule is O=[N+]([O-])c1cn2c(n1)O[C@@H](COc1ccc(N3CCC(Cc4ccc(C(F)(F)F)cc4)CC3)cc1)CC2. The van der Waals surface area contributed by atoms with Crippen LogP contribution in [-0.2, 0) is 19.1 Å². The first-order valence-electron chi connectivity index (χ1n) is 12.3. The lowest BCUT2D eigenvalue weighted by Gasteiger charge is -2.34. The molecule has 37 heavy (non-hydrogen) atoms. The molecule has 0 saturated carbocycles. The molecule has 0 N–H and O–H groups in total. The first-order chi connectivity index (χ1) is 17.7. The molecule has 0 bridgehead atoms. The fraction of sp³-hybridized carbons (Fsp3) is 0.423. The van der Waals surface area contributed by atoms with Gasteiger partial charge in [0.05, 0.1) is 5.56 Å². The minimum Gasteiger partial charge on any atom is -0.490 e. The van der Waals surface area contributed by atoms with E-state index in [9.17, 15) is 23.3 Å². The van der Waals surface area contributed by atoms with Crippen molar-refractivity contribution in [3.05, 3.63) is 76.0 Å². The van der Waals surface area contributed by atoms with E-state index in [2.05, 4.69) is 9.88 Å². The second-order valence-electron chi connectivity index (χ2n) is 9.49. The lowest BCUT2D eigenvalue weighted by Crippen LogP contribution is -2.34. The van der Waals surface area contributed by atoms with Gasteiger partial charge in [-0.05, 0) is 72.1 Å². The number of nitro groups is 1. The molecule has 1 fully saturated rings. The third-order valence-electron chi connectivity index (χ3n) is 6.94. The summed E-state index contributed by atoms with van der Waals surface area (Å²) in [4.78, 5) is 16.6. The third kappa shape index (κ3) is 5.98. The fourth-order valence-corrected chi connectivity index (χ4v) is 4.84. The number of alkyl halides is 3. The number of hydrogen-bond donors (Lipinski definition) is 0. The van der Waals surface area contributed by atoms with Gasteiger partial charge < -0.3 is 24.5 Å². The highest BCUT2D eigenvalue weighted by Crippen LogP contribution is 2.31. The quantitative estimate of drug-likeness (QED) is 0.305. The summed E-state index contributed by atoms with van der Waals surface area (Å²) in [5.41, 5.74) is 1.43. The highest BCUT2D eigenvalue weighted by molar-refractivity contribution is 5.49. The third-order valence-corrected chi connectivity index (χ3v) is 6.94. The van der Waals surface area contributed by atoms with Crippen LogP contribution in [0.4, 0.5) is 24.7 Å². The number of aryl methyl sites for hydroxylation is 1. The lowest BCUT2D eigenvalue weighted by molar-refractivity contribution is -0.389. The number of anilines is 1. The summed E-state index contributed by atoms with van der Waals surface area (Å²) in [6.07, 6.45) is 0.249. The van der Waals surface area contributed by atoms with E-state index in [1.807, 2.05) is 24.3 Å². The molecule has 0 amide bonds. The fourth-order valence-electron chi connectivity index (χ4n) is 4.84. The molecule has 0 radical (unpaired) electrons. The average molecular weight is 517 g/mol. The molecule has 1 atom stereocenters. The van der Waals surface area contributed by atoms with Gasteiger partial charge in [0.25, 0.3) is 0 Å². The highest BCUT2D eigenvalue weighted by atomic mass is 19.4. The molecule has 3 aromatic rings. The first kappa shape index (κ1) is 24.9. The van der Waals surface area contributed by atoms with Crippen molar-refractivity contribution in [3.63, 3.8) is 0 Å². The maximum atomic E-state index is 12.8. The molecule has 0 unspecified atom stereocenters. The standard InChI is InChI=1S/C26H27F3N4O4/c27-26(28,29)20-3-1-18(2-4-20)15-19-9-12-31(13-10-19)21-5-7-22(8-6-21)36-17-23-11-14-32-16-24(33(34)35)30-25(32)37-23/h1-8,16,19,23H,9-15,17H2/t23-/m1/s1. The van der Waals surface area contributed by atoms with Crippen molar-refractivity contribution in [1.82, 2.24) is 9.55 Å². The molecule has 2 aromatic carbocycles. The lowest BCUT2D eigenvalue weighted by atomic mass is 9.89. The number of fused-ring (bicyclic) bond motifs is 1. The van der Waals surface area contributed by atoms with Crippen LogP contribution in [-0.4, -0.2) is 40.3 Å². The van der Waals surface area contributed by atoms with Crippen LogP contribution < -0.4 is 14.4 Å². The average Bonchev–Trinajstić information content (AvgIpc) is 3.32. The number of nitrogens with zero attached hydrogens (tertiary/aromatic N) is 4. The normalized spacial score (nSPS) is 18.2. The van der Waals surface area contributed by atoms with Gasteiger partial charge in [-0.25, -0.2) is 0 Å². The largest absolute Gasteiger partial charge is 0.490 e. The number of rotatable bonds is 7. The maximum Gasteiger partial charge on any atom is 0.416 e. The predicted molar refractivity (Wildman–Crippen MR) is 130 cm³/mol. The number of benzene rings is 2. The Morgan fingerprint density at radius 2 is 1.73 bits per heavy atom. The number of imidazole rings is 1. The van der Waals surface area contributed by atoms with Crippen molar-refractivity contribution in [3.8, 4) is 11.8 Å². The number of piperidine rings is 1. The summed E-state index contributed by atoms with van der Waals surface area (Å²) in [5.74, 6) is 0.934. The summed E-state index contributed by atoms with van der Waals surface area (Å²) < 4.78 is 51.6. The van der Waals surface area contributed by atoms with Crippen LogP contribution in [0, 0.1) is 16.0 Å². The molecule has 2 aliphatic heterocycles. The zero-order valence-corrected chi connectivity index (χ0v) is 20.1. The molecule has 8 nitrogen and oxygen atoms in total. The summed E-state index contributed by atoms with van der Waals surface area (Å²) in [5, 5.41) is 10.9. The van der Waals surface area contributed by atoms with Crippen molar-refractivity contribution in [1.29, 1.82) is 0 Å². The minimum absolute atomic E-state index is 0.226. The Balaban J connectivity index is 1.07. The second-order valence-corrected chi connectivity index (χ2v) is 9.49. The van der Waals surface area contributed by atoms with E-state index >= 15 is 0 Å². The first-order valence-corrected chi connectivity index (χ1v) is 12.3. The van der Waals surface area contributed by atoms with Crippen molar-refractivity contribution >= 4 is 11.5 Å². The molecule has 1 aromatic heterocycles. The van der Waals surface area contributed by atoms with Crippen molar-refractivity contribution in [2.45, 2.75) is 44.5 Å². The summed E-state index contributed by atoms with van der Waals surface area (Å²) in [6.45, 7) is 2.67. The van der Waals surface area contributed by atoms with E-state index in [0.717, 1.165) is 55.7 Å². The molecular formula is C26H27F3N4O4. The second kappa shape index (κ2) is 10.3. The molecule has 0 spiro atoms. The Bertz CT molecular complexity index is 1220. The van der Waals surface area contributed by atoms with Crippen molar-refractivity contribution in [2.75, 3.05) is 24.6 Å². The number of ether oxygens (including phenoxy) is 2. The maximum absolute atomic E-state index is 12.8. The molecule has 3 heterocycles. The Morgan fingerprint density at radius 1 is 1.03 bits per heavy atom. The van der Waals surface area contributed by atoms with E-state index in [1.165, 1.54) is 6.20 Å². The van der Waals surface area contributed by atoms with E-state index in [1.54, 1.807) is 16.7 Å². The van der Waals surface area contributed by atoms with Gasteiger partial charge >= 0.3 is 18.0 Å². The predicted octanol–water partition coefficient (Wildman–Crippen LogP) is 5.50. The van der Waals surface area contributed by atoms with Gasteiger partial charge in [-0.3, -0.25) is 4.57 Å². The van der Waals surface area contributed by atoms with E-state index in [0.29, 0.717) is 31.2 Å². The summed E-state index contributed by atoms with van der Waals surface area (Å²) in [6, 6.07) is 13.6. The van der Waals surface area contributed by atoms with Crippen LogP contribution in [0.1, 0.15) is 30.4 Å². The highest BCUT2D eigenvalue weighted by Gasteiger charge is 2.30. The Kier molecular flexibility index (Phi) is 6.94. The van der Waals surface area contributed by atoms with Crippen LogP contribution in [0.2, 0.25) is 0 Å². The molecular weight excluding hydrogens is 489 g/mol. The molecule has 2 aliphatic rings. The Labute approximate surface area is 211 Å². The van der Waals surface area contributed by atoms with Gasteiger partial charge in [0.1, 0.15) is 24.7 Å². The summed E-state index contributed by atoms with van der Waals surface area (Å²) >= 11 is 0. The van der Waals surface area contributed by atoms with Gasteiger partial charge in [0, 0.05) is 36.7 Å². The number of halogens is 3. The van der Waals surface area contributed by atoms with Gasteiger partial charge in [0.15, 0.2) is 0 Å². The molecule has 11 heteroatoms. The smallest absolute Gasteiger partial charge is 0.416 e. The van der Waals surface area contributed by atoms with Crippen LogP contribution in [0.3, 0.4) is 0 Å². The van der Waals surface area contributed by atoms with Crippen LogP contribution >= 0.6 is 0 Å². The van der Waals surface area contributed by atoms with Crippen LogP contribution in [0.15, 0.2) is 54.7 Å².